The molecule has 1 N–H and O–H groups in total. The molecule has 0 saturated heterocycles. The van der Waals surface area contributed by atoms with E-state index >= 15 is 0 Å². The Labute approximate surface area is 140 Å². The summed E-state index contributed by atoms with van der Waals surface area (Å²) in [5.74, 6) is -0.0675. The van der Waals surface area contributed by atoms with E-state index in [9.17, 15) is 9.59 Å². The molecule has 134 valence electrons. The first-order chi connectivity index (χ1) is 10.5. The van der Waals surface area contributed by atoms with Crippen molar-refractivity contribution < 1.29 is 19.1 Å². The Balaban J connectivity index is 4.99. The Bertz CT molecular complexity index is 408. The second kappa shape index (κ2) is 9.58. The SMILES string of the molecule is COC(=O)[C@@H](C=C[C@H](CC(C)C)NC(=O)OC(C)(C)C)C(C)C. The number of nitrogens with one attached hydrogen (secondary N) is 1. The van der Waals surface area contributed by atoms with Gasteiger partial charge in [0.15, 0.2) is 0 Å². The van der Waals surface area contributed by atoms with Gasteiger partial charge in [-0.3, -0.25) is 4.79 Å². The summed E-state index contributed by atoms with van der Waals surface area (Å²) in [4.78, 5) is 23.8. The zero-order valence-corrected chi connectivity index (χ0v) is 15.8. The van der Waals surface area contributed by atoms with Crippen LogP contribution in [0.25, 0.3) is 0 Å². The van der Waals surface area contributed by atoms with Gasteiger partial charge in [0, 0.05) is 0 Å². The third-order valence-corrected chi connectivity index (χ3v) is 3.17. The maximum absolute atomic E-state index is 12.0. The monoisotopic (exact) mass is 327 g/mol. The van der Waals surface area contributed by atoms with Crippen molar-refractivity contribution in [3.05, 3.63) is 12.2 Å². The molecular weight excluding hydrogens is 294 g/mol. The molecule has 0 aliphatic rings. The predicted octanol–water partition coefficient (Wildman–Crippen LogP) is 3.93. The normalized spacial score (nSPS) is 14.9. The molecule has 2 atom stereocenters. The third kappa shape index (κ3) is 9.97. The van der Waals surface area contributed by atoms with E-state index in [1.165, 1.54) is 7.11 Å². The smallest absolute Gasteiger partial charge is 0.408 e. The zero-order chi connectivity index (χ0) is 18.2. The van der Waals surface area contributed by atoms with Gasteiger partial charge in [0.25, 0.3) is 0 Å². The summed E-state index contributed by atoms with van der Waals surface area (Å²) in [6.07, 6.45) is 4.00. The molecule has 0 aliphatic carbocycles. The standard InChI is InChI=1S/C18H33NO4/c1-12(2)11-14(19-17(21)23-18(5,6)7)9-10-15(13(3)4)16(20)22-8/h9-10,12-15H,11H2,1-8H3,(H,19,21)/t14-,15+/m1/s1. The van der Waals surface area contributed by atoms with Crippen LogP contribution in [-0.2, 0) is 14.3 Å². The second-order valence-corrected chi connectivity index (χ2v) is 7.56. The van der Waals surface area contributed by atoms with E-state index in [1.54, 1.807) is 0 Å². The quantitative estimate of drug-likeness (QED) is 0.568. The lowest BCUT2D eigenvalue weighted by Crippen LogP contribution is -2.39. The average Bonchev–Trinajstić information content (AvgIpc) is 2.34. The van der Waals surface area contributed by atoms with Gasteiger partial charge in [0.1, 0.15) is 5.60 Å². The van der Waals surface area contributed by atoms with Crippen LogP contribution in [-0.4, -0.2) is 30.8 Å². The van der Waals surface area contributed by atoms with Gasteiger partial charge in [-0.25, -0.2) is 4.79 Å². The number of amides is 1. The molecule has 0 saturated carbocycles. The average molecular weight is 327 g/mol. The van der Waals surface area contributed by atoms with Crippen molar-refractivity contribution in [3.8, 4) is 0 Å². The van der Waals surface area contributed by atoms with Gasteiger partial charge in [0.2, 0.25) is 0 Å². The van der Waals surface area contributed by atoms with Crippen molar-refractivity contribution >= 4 is 12.1 Å². The summed E-state index contributed by atoms with van der Waals surface area (Å²) in [5, 5.41) is 2.86. The van der Waals surface area contributed by atoms with Crippen molar-refractivity contribution in [2.24, 2.45) is 17.8 Å². The number of carbonyl (C=O) groups is 2. The van der Waals surface area contributed by atoms with Crippen molar-refractivity contribution in [3.63, 3.8) is 0 Å². The fraction of sp³-hybridized carbons (Fsp3) is 0.778. The van der Waals surface area contributed by atoms with Gasteiger partial charge in [-0.05, 0) is 39.0 Å². The minimum atomic E-state index is -0.539. The Morgan fingerprint density at radius 3 is 2.04 bits per heavy atom. The van der Waals surface area contributed by atoms with Gasteiger partial charge in [0.05, 0.1) is 19.1 Å². The lowest BCUT2D eigenvalue weighted by molar-refractivity contribution is -0.145. The molecule has 5 nitrogen and oxygen atoms in total. The van der Waals surface area contributed by atoms with E-state index in [0.29, 0.717) is 5.92 Å². The number of esters is 1. The molecule has 0 rings (SSSR count). The molecule has 0 bridgehead atoms. The molecule has 0 unspecified atom stereocenters. The first-order valence-electron chi connectivity index (χ1n) is 8.22. The fourth-order valence-electron chi connectivity index (χ4n) is 2.12. The largest absolute Gasteiger partial charge is 0.469 e. The van der Waals surface area contributed by atoms with Crippen LogP contribution in [0.4, 0.5) is 4.79 Å². The molecule has 0 aliphatic heterocycles. The first-order valence-corrected chi connectivity index (χ1v) is 8.22. The lowest BCUT2D eigenvalue weighted by atomic mass is 9.93. The molecule has 0 fully saturated rings. The maximum atomic E-state index is 12.0. The lowest BCUT2D eigenvalue weighted by Gasteiger charge is -2.23. The van der Waals surface area contributed by atoms with E-state index < -0.39 is 11.7 Å². The molecule has 23 heavy (non-hydrogen) atoms. The van der Waals surface area contributed by atoms with E-state index in [0.717, 1.165) is 6.42 Å². The number of methoxy groups -OCH3 is 1. The highest BCUT2D eigenvalue weighted by Crippen LogP contribution is 2.16. The molecule has 0 heterocycles. The summed E-state index contributed by atoms with van der Waals surface area (Å²) in [5.41, 5.74) is -0.539. The van der Waals surface area contributed by atoms with E-state index in [4.69, 9.17) is 9.47 Å². The molecule has 0 spiro atoms. The minimum Gasteiger partial charge on any atom is -0.469 e. The Kier molecular flexibility index (Phi) is 8.95. The van der Waals surface area contributed by atoms with Crippen LogP contribution in [0.1, 0.15) is 54.9 Å². The summed E-state index contributed by atoms with van der Waals surface area (Å²) in [7, 11) is 1.39. The number of ether oxygens (including phenoxy) is 2. The summed E-state index contributed by atoms with van der Waals surface area (Å²) < 4.78 is 10.1. The van der Waals surface area contributed by atoms with Crippen LogP contribution < -0.4 is 5.32 Å². The Morgan fingerprint density at radius 1 is 1.09 bits per heavy atom. The summed E-state index contributed by atoms with van der Waals surface area (Å²) in [6, 6.07) is -0.184. The third-order valence-electron chi connectivity index (χ3n) is 3.17. The van der Waals surface area contributed by atoms with Crippen LogP contribution in [0.2, 0.25) is 0 Å². The number of carbonyl (C=O) groups excluding carboxylic acids is 2. The number of hydrogen-bond donors (Lipinski definition) is 1. The van der Waals surface area contributed by atoms with Gasteiger partial charge in [-0.2, -0.15) is 0 Å². The van der Waals surface area contributed by atoms with Gasteiger partial charge in [-0.15, -0.1) is 0 Å². The van der Waals surface area contributed by atoms with Crippen LogP contribution in [0.5, 0.6) is 0 Å². The minimum absolute atomic E-state index is 0.125. The van der Waals surface area contributed by atoms with Crippen LogP contribution in [0.3, 0.4) is 0 Å². The van der Waals surface area contributed by atoms with E-state index in [-0.39, 0.29) is 23.8 Å². The molecule has 5 heteroatoms. The van der Waals surface area contributed by atoms with E-state index in [1.807, 2.05) is 46.8 Å². The number of alkyl carbamates (subject to hydrolysis) is 1. The van der Waals surface area contributed by atoms with Crippen molar-refractivity contribution in [1.29, 1.82) is 0 Å². The highest BCUT2D eigenvalue weighted by Gasteiger charge is 2.22. The molecule has 1 amide bonds. The Morgan fingerprint density at radius 2 is 1.65 bits per heavy atom. The van der Waals surface area contributed by atoms with Crippen LogP contribution in [0, 0.1) is 17.8 Å². The first kappa shape index (κ1) is 21.5. The Hall–Kier alpha value is -1.52. The molecule has 0 aromatic rings. The summed E-state index contributed by atoms with van der Waals surface area (Å²) in [6.45, 7) is 13.6. The predicted molar refractivity (Wildman–Crippen MR) is 92.1 cm³/mol. The van der Waals surface area contributed by atoms with Gasteiger partial charge in [-0.1, -0.05) is 39.8 Å². The molecular formula is C18H33NO4. The fourth-order valence-corrected chi connectivity index (χ4v) is 2.12. The van der Waals surface area contributed by atoms with Crippen LogP contribution in [0.15, 0.2) is 12.2 Å². The zero-order valence-electron chi connectivity index (χ0n) is 15.8. The number of hydrogen-bond acceptors (Lipinski definition) is 4. The van der Waals surface area contributed by atoms with Crippen LogP contribution >= 0.6 is 0 Å². The highest BCUT2D eigenvalue weighted by molar-refractivity contribution is 5.74. The highest BCUT2D eigenvalue weighted by atomic mass is 16.6. The molecule has 0 radical (unpaired) electrons. The number of rotatable bonds is 7. The van der Waals surface area contributed by atoms with Crippen molar-refractivity contribution in [1.82, 2.24) is 5.32 Å². The van der Waals surface area contributed by atoms with Gasteiger partial charge >= 0.3 is 12.1 Å². The van der Waals surface area contributed by atoms with E-state index in [2.05, 4.69) is 19.2 Å². The molecule has 0 aromatic carbocycles. The van der Waals surface area contributed by atoms with Gasteiger partial charge < -0.3 is 14.8 Å². The van der Waals surface area contributed by atoms with Crippen molar-refractivity contribution in [2.75, 3.05) is 7.11 Å². The summed E-state index contributed by atoms with van der Waals surface area (Å²) >= 11 is 0. The molecule has 0 aromatic heterocycles. The maximum Gasteiger partial charge on any atom is 0.408 e. The topological polar surface area (TPSA) is 64.6 Å². The van der Waals surface area contributed by atoms with Crippen molar-refractivity contribution in [2.45, 2.75) is 66.5 Å². The second-order valence-electron chi connectivity index (χ2n) is 7.56.